The minimum atomic E-state index is -0.178. The zero-order valence-corrected chi connectivity index (χ0v) is 9.49. The molecule has 0 saturated carbocycles. The van der Waals surface area contributed by atoms with Crippen molar-refractivity contribution in [3.05, 3.63) is 50.7 Å². The van der Waals surface area contributed by atoms with Gasteiger partial charge in [0.05, 0.1) is 6.54 Å². The number of aromatic amines is 1. The molecule has 0 aliphatic rings. The van der Waals surface area contributed by atoms with Crippen LogP contribution < -0.4 is 11.3 Å². The lowest BCUT2D eigenvalue weighted by Crippen LogP contribution is -2.08. The van der Waals surface area contributed by atoms with E-state index in [0.29, 0.717) is 12.4 Å². The molecule has 5 heteroatoms. The number of anilines is 1. The molecule has 0 saturated heterocycles. The maximum absolute atomic E-state index is 11.0. The second-order valence-corrected chi connectivity index (χ2v) is 4.18. The van der Waals surface area contributed by atoms with Crippen molar-refractivity contribution in [2.24, 2.45) is 0 Å². The monoisotopic (exact) mass is 267 g/mol. The number of nitrogens with zero attached hydrogens (tertiary/aromatic N) is 1. The van der Waals surface area contributed by atoms with Crippen LogP contribution in [0.25, 0.3) is 0 Å². The number of aromatic nitrogens is 2. The fourth-order valence-corrected chi connectivity index (χ4v) is 1.84. The molecular formula is C10H10BrN3O. The van der Waals surface area contributed by atoms with Gasteiger partial charge in [-0.15, -0.1) is 0 Å². The van der Waals surface area contributed by atoms with Crippen molar-refractivity contribution >= 4 is 21.7 Å². The average molecular weight is 268 g/mol. The van der Waals surface area contributed by atoms with Gasteiger partial charge in [0.2, 0.25) is 0 Å². The van der Waals surface area contributed by atoms with Gasteiger partial charge in [0.25, 0.3) is 5.56 Å². The Hall–Kier alpha value is -1.49. The molecule has 78 valence electrons. The van der Waals surface area contributed by atoms with Crippen LogP contribution in [0.5, 0.6) is 0 Å². The van der Waals surface area contributed by atoms with E-state index in [1.165, 1.54) is 6.07 Å². The largest absolute Gasteiger partial charge is 0.384 e. The van der Waals surface area contributed by atoms with E-state index in [9.17, 15) is 4.79 Å². The molecule has 0 amide bonds. The summed E-state index contributed by atoms with van der Waals surface area (Å²) in [5.74, 6) is 0.444. The van der Waals surface area contributed by atoms with Crippen molar-refractivity contribution in [3.63, 3.8) is 0 Å². The van der Waals surface area contributed by atoms with Gasteiger partial charge in [-0.05, 0) is 17.7 Å². The van der Waals surface area contributed by atoms with E-state index in [4.69, 9.17) is 5.73 Å². The molecule has 0 unspecified atom stereocenters. The van der Waals surface area contributed by atoms with Gasteiger partial charge in [-0.2, -0.15) is 0 Å². The molecule has 2 aromatic rings. The predicted molar refractivity (Wildman–Crippen MR) is 62.7 cm³/mol. The predicted octanol–water partition coefficient (Wildman–Crippen LogP) is 1.57. The van der Waals surface area contributed by atoms with Gasteiger partial charge in [-0.3, -0.25) is 14.6 Å². The summed E-state index contributed by atoms with van der Waals surface area (Å²) in [6.07, 6.45) is 0. The fraction of sp³-hybridized carbons (Fsp3) is 0.100. The molecule has 1 heterocycles. The molecular weight excluding hydrogens is 258 g/mol. The van der Waals surface area contributed by atoms with Crippen molar-refractivity contribution in [1.29, 1.82) is 0 Å². The number of nitrogen functional groups attached to an aromatic ring is 1. The third-order valence-corrected chi connectivity index (χ3v) is 2.56. The first-order valence-electron chi connectivity index (χ1n) is 4.45. The van der Waals surface area contributed by atoms with Crippen LogP contribution >= 0.6 is 15.9 Å². The molecule has 3 N–H and O–H groups in total. The lowest BCUT2D eigenvalue weighted by molar-refractivity contribution is 0.688. The van der Waals surface area contributed by atoms with E-state index in [2.05, 4.69) is 21.0 Å². The number of hydrogen-bond donors (Lipinski definition) is 2. The number of benzene rings is 1. The number of nitrogens with two attached hydrogens (primary N) is 1. The summed E-state index contributed by atoms with van der Waals surface area (Å²) in [4.78, 5) is 11.0. The van der Waals surface area contributed by atoms with Gasteiger partial charge in [-0.1, -0.05) is 28.1 Å². The average Bonchev–Trinajstić information content (AvgIpc) is 2.45. The zero-order chi connectivity index (χ0) is 10.8. The van der Waals surface area contributed by atoms with Crippen molar-refractivity contribution in [1.82, 2.24) is 9.78 Å². The highest BCUT2D eigenvalue weighted by Crippen LogP contribution is 2.13. The number of nitrogens with one attached hydrogen (secondary N) is 1. The Morgan fingerprint density at radius 2 is 2.20 bits per heavy atom. The molecule has 2 rings (SSSR count). The van der Waals surface area contributed by atoms with Crippen LogP contribution in [0.4, 0.5) is 5.82 Å². The Labute approximate surface area is 94.8 Å². The summed E-state index contributed by atoms with van der Waals surface area (Å²) >= 11 is 3.39. The highest BCUT2D eigenvalue weighted by molar-refractivity contribution is 9.10. The molecule has 1 aromatic carbocycles. The van der Waals surface area contributed by atoms with Crippen molar-refractivity contribution in [2.45, 2.75) is 6.54 Å². The summed E-state index contributed by atoms with van der Waals surface area (Å²) in [5, 5.41) is 2.63. The first kappa shape index (κ1) is 10.0. The third kappa shape index (κ3) is 2.30. The van der Waals surface area contributed by atoms with Crippen LogP contribution in [0.2, 0.25) is 0 Å². The van der Waals surface area contributed by atoms with Crippen LogP contribution in [0, 0.1) is 0 Å². The van der Waals surface area contributed by atoms with Crippen molar-refractivity contribution in [3.8, 4) is 0 Å². The third-order valence-electron chi connectivity index (χ3n) is 2.07. The van der Waals surface area contributed by atoms with Gasteiger partial charge in [0.1, 0.15) is 5.82 Å². The number of H-pyrrole nitrogens is 1. The molecule has 0 atom stereocenters. The van der Waals surface area contributed by atoms with Crippen LogP contribution in [0.3, 0.4) is 0 Å². The Balaban J connectivity index is 2.29. The van der Waals surface area contributed by atoms with Crippen LogP contribution in [0.15, 0.2) is 39.6 Å². The number of halogens is 1. The zero-order valence-electron chi connectivity index (χ0n) is 7.90. The molecule has 0 radical (unpaired) electrons. The second kappa shape index (κ2) is 3.94. The van der Waals surface area contributed by atoms with Gasteiger partial charge >= 0.3 is 0 Å². The minimum Gasteiger partial charge on any atom is -0.384 e. The molecule has 0 spiro atoms. The summed E-state index contributed by atoms with van der Waals surface area (Å²) in [7, 11) is 0. The smallest absolute Gasteiger partial charge is 0.266 e. The van der Waals surface area contributed by atoms with Crippen LogP contribution in [0.1, 0.15) is 5.56 Å². The van der Waals surface area contributed by atoms with E-state index in [1.54, 1.807) is 4.68 Å². The molecule has 0 fully saturated rings. The van der Waals surface area contributed by atoms with E-state index >= 15 is 0 Å². The summed E-state index contributed by atoms with van der Waals surface area (Å²) < 4.78 is 2.62. The Morgan fingerprint density at radius 3 is 2.80 bits per heavy atom. The first-order chi connectivity index (χ1) is 7.15. The second-order valence-electron chi connectivity index (χ2n) is 3.26. The van der Waals surface area contributed by atoms with Gasteiger partial charge < -0.3 is 5.73 Å². The summed E-state index contributed by atoms with van der Waals surface area (Å²) in [6.45, 7) is 0.563. The van der Waals surface area contributed by atoms with E-state index < -0.39 is 0 Å². The molecule has 15 heavy (non-hydrogen) atoms. The lowest BCUT2D eigenvalue weighted by Gasteiger charge is -2.05. The normalized spacial score (nSPS) is 10.5. The van der Waals surface area contributed by atoms with E-state index in [1.807, 2.05) is 24.3 Å². The van der Waals surface area contributed by atoms with E-state index in [-0.39, 0.29) is 5.56 Å². The molecule has 4 nitrogen and oxygen atoms in total. The van der Waals surface area contributed by atoms with Crippen LogP contribution in [-0.4, -0.2) is 9.78 Å². The molecule has 0 aliphatic heterocycles. The van der Waals surface area contributed by atoms with Gasteiger partial charge in [0.15, 0.2) is 0 Å². The van der Waals surface area contributed by atoms with E-state index in [0.717, 1.165) is 10.0 Å². The molecule has 1 aromatic heterocycles. The maximum atomic E-state index is 11.0. The molecule has 0 bridgehead atoms. The highest BCUT2D eigenvalue weighted by atomic mass is 79.9. The van der Waals surface area contributed by atoms with Crippen molar-refractivity contribution < 1.29 is 0 Å². The summed E-state index contributed by atoms with van der Waals surface area (Å²) in [6, 6.07) is 9.22. The number of rotatable bonds is 2. The Kier molecular flexibility index (Phi) is 2.64. The van der Waals surface area contributed by atoms with Gasteiger partial charge in [0, 0.05) is 10.5 Å². The SMILES string of the molecule is Nc1cc(=O)[nH]n1Cc1cccc(Br)c1. The molecule has 0 aliphatic carbocycles. The number of hydrogen-bond acceptors (Lipinski definition) is 2. The Bertz CT molecular complexity index is 529. The topological polar surface area (TPSA) is 63.8 Å². The minimum absolute atomic E-state index is 0.178. The van der Waals surface area contributed by atoms with Crippen molar-refractivity contribution in [2.75, 3.05) is 5.73 Å². The van der Waals surface area contributed by atoms with Crippen LogP contribution in [-0.2, 0) is 6.54 Å². The lowest BCUT2D eigenvalue weighted by atomic mass is 10.2. The summed E-state index contributed by atoms with van der Waals surface area (Å²) in [5.41, 5.74) is 6.54. The van der Waals surface area contributed by atoms with Gasteiger partial charge in [-0.25, -0.2) is 0 Å². The maximum Gasteiger partial charge on any atom is 0.266 e. The fourth-order valence-electron chi connectivity index (χ4n) is 1.39. The Morgan fingerprint density at radius 1 is 1.40 bits per heavy atom. The standard InChI is InChI=1S/C10H10BrN3O/c11-8-3-1-2-7(4-8)6-14-9(12)5-10(15)13-14/h1-5H,6,12H2,(H,13,15). The quantitative estimate of drug-likeness (QED) is 0.868. The highest BCUT2D eigenvalue weighted by Gasteiger charge is 2.01. The first-order valence-corrected chi connectivity index (χ1v) is 5.24.